The van der Waals surface area contributed by atoms with Gasteiger partial charge in [0.05, 0.1) is 0 Å². The first-order chi connectivity index (χ1) is 40.5. The van der Waals surface area contributed by atoms with Crippen molar-refractivity contribution < 1.29 is 28.6 Å². The highest BCUT2D eigenvalue weighted by atomic mass is 16.6. The number of hydrogen-bond donors (Lipinski definition) is 0. The van der Waals surface area contributed by atoms with Gasteiger partial charge < -0.3 is 14.2 Å². The average Bonchev–Trinajstić information content (AvgIpc) is 3.47. The van der Waals surface area contributed by atoms with E-state index in [4.69, 9.17) is 14.2 Å². The first-order valence-electron chi connectivity index (χ1n) is 33.1. The predicted octanol–water partition coefficient (Wildman–Crippen LogP) is 23.0. The summed E-state index contributed by atoms with van der Waals surface area (Å²) in [6.45, 7) is 6.36. The Hall–Kier alpha value is -5.23. The van der Waals surface area contributed by atoms with Gasteiger partial charge in [-0.3, -0.25) is 14.4 Å². The van der Waals surface area contributed by atoms with E-state index in [-0.39, 0.29) is 31.1 Å². The summed E-state index contributed by atoms with van der Waals surface area (Å²) in [5.41, 5.74) is 0. The lowest BCUT2D eigenvalue weighted by atomic mass is 10.0. The summed E-state index contributed by atoms with van der Waals surface area (Å²) in [4.78, 5) is 38.3. The summed E-state index contributed by atoms with van der Waals surface area (Å²) in [5, 5.41) is 0. The van der Waals surface area contributed by atoms with Gasteiger partial charge in [0.2, 0.25) is 0 Å². The van der Waals surface area contributed by atoms with Gasteiger partial charge in [0.1, 0.15) is 13.2 Å². The van der Waals surface area contributed by atoms with Crippen LogP contribution in [0.4, 0.5) is 0 Å². The van der Waals surface area contributed by atoms with Crippen LogP contribution in [0.25, 0.3) is 0 Å². The molecule has 1 atom stereocenters. The van der Waals surface area contributed by atoms with Crippen LogP contribution in [0.3, 0.4) is 0 Å². The van der Waals surface area contributed by atoms with Crippen LogP contribution in [-0.4, -0.2) is 37.2 Å². The molecule has 0 saturated heterocycles. The zero-order valence-electron chi connectivity index (χ0n) is 52.7. The maximum absolute atomic E-state index is 12.9. The Morgan fingerprint density at radius 2 is 0.476 bits per heavy atom. The fourth-order valence-corrected chi connectivity index (χ4v) is 8.58. The molecule has 6 nitrogen and oxygen atoms in total. The molecule has 6 heteroatoms. The Kier molecular flexibility index (Phi) is 63.9. The highest BCUT2D eigenvalue weighted by Gasteiger charge is 2.19. The number of allylic oxidation sites excluding steroid dienone is 28. The zero-order valence-corrected chi connectivity index (χ0v) is 52.7. The van der Waals surface area contributed by atoms with E-state index in [1.54, 1.807) is 0 Å². The van der Waals surface area contributed by atoms with Gasteiger partial charge in [-0.05, 0) is 135 Å². The Morgan fingerprint density at radius 3 is 0.756 bits per heavy atom. The number of esters is 3. The van der Waals surface area contributed by atoms with Crippen LogP contribution in [0.2, 0.25) is 0 Å². The topological polar surface area (TPSA) is 78.9 Å². The number of carbonyl (C=O) groups excluding carboxylic acids is 3. The lowest BCUT2D eigenvalue weighted by molar-refractivity contribution is -0.167. The summed E-state index contributed by atoms with van der Waals surface area (Å²) in [5.74, 6) is -0.958. The van der Waals surface area contributed by atoms with Crippen LogP contribution in [-0.2, 0) is 28.6 Å². The molecule has 0 spiro atoms. The molecule has 82 heavy (non-hydrogen) atoms. The second-order valence-corrected chi connectivity index (χ2v) is 21.3. The standard InChI is InChI=1S/C76H120O6/c1-4-7-10-13-16-19-22-25-27-29-31-33-34-35-36-37-38-39-40-41-42-44-45-47-49-51-54-57-60-63-66-69-75(78)81-72-73(71-80-74(77)68-65-62-59-56-53-24-21-18-15-12-9-6-3)82-76(79)70-67-64-61-58-55-52-50-48-46-43-32-30-28-26-23-20-17-14-11-8-5-2/h7-8,10-11,16-17,19-20,25-28,31-33,35-36,38-39,41-43,45,47-48,50-51,54,73H,4-6,9,12-15,18,21-24,29-30,34,37,40,44,46,49,52-53,55-72H2,1-3H3/b10-7-,11-8-,19-16-,20-17-,27-25-,28-26-,33-31-,36-35-,39-38-,42-41-,43-32-,47-45-,50-48-,54-51-. The van der Waals surface area contributed by atoms with E-state index in [1.807, 2.05) is 0 Å². The zero-order chi connectivity index (χ0) is 59.2. The van der Waals surface area contributed by atoms with Crippen LogP contribution in [0.1, 0.15) is 271 Å². The third kappa shape index (κ3) is 65.6. The molecule has 0 N–H and O–H groups in total. The summed E-state index contributed by atoms with van der Waals surface area (Å²) in [6, 6.07) is 0. The van der Waals surface area contributed by atoms with Gasteiger partial charge in [-0.15, -0.1) is 0 Å². The van der Waals surface area contributed by atoms with Gasteiger partial charge in [-0.2, -0.15) is 0 Å². The lowest BCUT2D eigenvalue weighted by Crippen LogP contribution is -2.30. The summed E-state index contributed by atoms with van der Waals surface area (Å²) in [7, 11) is 0. The second kappa shape index (κ2) is 68.3. The summed E-state index contributed by atoms with van der Waals surface area (Å²) in [6.07, 6.45) is 101. The van der Waals surface area contributed by atoms with Crippen molar-refractivity contribution >= 4 is 17.9 Å². The molecule has 0 amide bonds. The number of ether oxygens (including phenoxy) is 3. The van der Waals surface area contributed by atoms with Gasteiger partial charge in [-0.1, -0.05) is 287 Å². The number of rotatable bonds is 58. The fraction of sp³-hybridized carbons (Fsp3) is 0.592. The summed E-state index contributed by atoms with van der Waals surface area (Å²) < 4.78 is 16.9. The van der Waals surface area contributed by atoms with E-state index in [0.29, 0.717) is 19.3 Å². The molecular weight excluding hydrogens is 1010 g/mol. The maximum atomic E-state index is 12.9. The second-order valence-electron chi connectivity index (χ2n) is 21.3. The highest BCUT2D eigenvalue weighted by Crippen LogP contribution is 2.15. The predicted molar refractivity (Wildman–Crippen MR) is 357 cm³/mol. The van der Waals surface area contributed by atoms with E-state index in [0.717, 1.165) is 173 Å². The van der Waals surface area contributed by atoms with Crippen LogP contribution in [0.15, 0.2) is 170 Å². The van der Waals surface area contributed by atoms with Crippen molar-refractivity contribution in [3.63, 3.8) is 0 Å². The van der Waals surface area contributed by atoms with Crippen molar-refractivity contribution in [2.45, 2.75) is 277 Å². The minimum atomic E-state index is -0.811. The molecule has 0 radical (unpaired) electrons. The van der Waals surface area contributed by atoms with E-state index in [1.165, 1.54) is 57.8 Å². The fourth-order valence-electron chi connectivity index (χ4n) is 8.58. The van der Waals surface area contributed by atoms with Crippen molar-refractivity contribution in [1.29, 1.82) is 0 Å². The maximum Gasteiger partial charge on any atom is 0.306 e. The van der Waals surface area contributed by atoms with Crippen molar-refractivity contribution in [2.75, 3.05) is 13.2 Å². The van der Waals surface area contributed by atoms with E-state index < -0.39 is 6.10 Å². The third-order valence-corrected chi connectivity index (χ3v) is 13.5. The van der Waals surface area contributed by atoms with Crippen LogP contribution in [0, 0.1) is 0 Å². The van der Waals surface area contributed by atoms with E-state index in [9.17, 15) is 14.4 Å². The molecule has 0 aliphatic rings. The Labute approximate surface area is 504 Å². The molecular formula is C76H120O6. The minimum Gasteiger partial charge on any atom is -0.462 e. The smallest absolute Gasteiger partial charge is 0.306 e. The lowest BCUT2D eigenvalue weighted by Gasteiger charge is -2.18. The Balaban J connectivity index is 4.43. The molecule has 0 aliphatic carbocycles. The molecule has 0 aromatic heterocycles. The van der Waals surface area contributed by atoms with Crippen LogP contribution < -0.4 is 0 Å². The SMILES string of the molecule is CC/C=C\C/C=C\C/C=C\C/C=C\C/C=C\C/C=C\C/C=C\C/C=C\C/C=C\CCCCCC(=O)OCC(COC(=O)CCCCCCCCCCCCCC)OC(=O)CCCCCCC/C=C\C/C=C\C/C=C\C/C=C\C/C=C\CC. The van der Waals surface area contributed by atoms with Gasteiger partial charge in [0.25, 0.3) is 0 Å². The van der Waals surface area contributed by atoms with Crippen molar-refractivity contribution in [2.24, 2.45) is 0 Å². The monoisotopic (exact) mass is 1130 g/mol. The molecule has 0 saturated carbocycles. The molecule has 0 aromatic rings. The van der Waals surface area contributed by atoms with Crippen molar-refractivity contribution in [3.8, 4) is 0 Å². The van der Waals surface area contributed by atoms with Crippen molar-refractivity contribution in [1.82, 2.24) is 0 Å². The summed E-state index contributed by atoms with van der Waals surface area (Å²) >= 11 is 0. The third-order valence-electron chi connectivity index (χ3n) is 13.5. The Morgan fingerprint density at radius 1 is 0.256 bits per heavy atom. The first kappa shape index (κ1) is 76.8. The largest absolute Gasteiger partial charge is 0.462 e. The van der Waals surface area contributed by atoms with E-state index in [2.05, 4.69) is 191 Å². The van der Waals surface area contributed by atoms with Gasteiger partial charge >= 0.3 is 17.9 Å². The average molecular weight is 1130 g/mol. The molecule has 0 fully saturated rings. The molecule has 1 unspecified atom stereocenters. The van der Waals surface area contributed by atoms with Gasteiger partial charge in [0.15, 0.2) is 6.10 Å². The molecule has 460 valence electrons. The minimum absolute atomic E-state index is 0.102. The highest BCUT2D eigenvalue weighted by molar-refractivity contribution is 5.71. The van der Waals surface area contributed by atoms with Crippen LogP contribution >= 0.6 is 0 Å². The molecule has 0 rings (SSSR count). The molecule has 0 bridgehead atoms. The van der Waals surface area contributed by atoms with Crippen LogP contribution in [0.5, 0.6) is 0 Å². The first-order valence-corrected chi connectivity index (χ1v) is 33.1. The molecule has 0 heterocycles. The van der Waals surface area contributed by atoms with E-state index >= 15 is 0 Å². The quantitative estimate of drug-likeness (QED) is 0.0261. The molecule has 0 aromatic carbocycles. The van der Waals surface area contributed by atoms with Gasteiger partial charge in [0, 0.05) is 19.3 Å². The molecule has 0 aliphatic heterocycles. The van der Waals surface area contributed by atoms with Crippen molar-refractivity contribution in [3.05, 3.63) is 170 Å². The normalized spacial score (nSPS) is 13.3. The number of hydrogen-bond acceptors (Lipinski definition) is 6. The number of unbranched alkanes of at least 4 members (excludes halogenated alkanes) is 19. The Bertz CT molecular complexity index is 1870. The number of carbonyl (C=O) groups is 3. The van der Waals surface area contributed by atoms with Gasteiger partial charge in [-0.25, -0.2) is 0 Å².